The summed E-state index contributed by atoms with van der Waals surface area (Å²) in [4.78, 5) is 12.9. The third-order valence-electron chi connectivity index (χ3n) is 5.98. The summed E-state index contributed by atoms with van der Waals surface area (Å²) in [6, 6.07) is 21.8. The Bertz CT molecular complexity index is 1510. The zero-order chi connectivity index (χ0) is 25.1. The number of nitrogens with zero attached hydrogens (tertiary/aromatic N) is 4. The fraction of sp³-hybridized carbons (Fsp3) is 0.179. The molecule has 0 aliphatic rings. The van der Waals surface area contributed by atoms with Gasteiger partial charge in [-0.25, -0.2) is 13.9 Å². The number of rotatable bonds is 8. The zero-order valence-corrected chi connectivity index (χ0v) is 20.0. The molecular formula is C28H25FN4O3. The Balaban J connectivity index is 1.42. The van der Waals surface area contributed by atoms with Crippen molar-refractivity contribution < 1.29 is 18.7 Å². The minimum atomic E-state index is -0.355. The number of hydrogen-bond acceptors (Lipinski definition) is 5. The Kier molecular flexibility index (Phi) is 6.49. The van der Waals surface area contributed by atoms with E-state index in [1.165, 1.54) is 12.1 Å². The summed E-state index contributed by atoms with van der Waals surface area (Å²) in [5.74, 6) is -0.0692. The number of carbonyl (C=O) groups excluding carboxylic acids is 1. The highest BCUT2D eigenvalue weighted by molar-refractivity contribution is 6.06. The van der Waals surface area contributed by atoms with Crippen LogP contribution < -0.4 is 4.74 Å². The maximum atomic E-state index is 13.2. The van der Waals surface area contributed by atoms with Gasteiger partial charge in [-0.05, 0) is 61.9 Å². The van der Waals surface area contributed by atoms with Gasteiger partial charge < -0.3 is 14.0 Å². The van der Waals surface area contributed by atoms with Gasteiger partial charge in [0, 0.05) is 23.1 Å². The maximum Gasteiger partial charge on any atom is 0.340 e. The molecule has 0 aliphatic heterocycles. The third kappa shape index (κ3) is 4.70. The first-order chi connectivity index (χ1) is 17.5. The van der Waals surface area contributed by atoms with E-state index in [0.717, 1.165) is 22.2 Å². The van der Waals surface area contributed by atoms with Gasteiger partial charge in [0.2, 0.25) is 0 Å². The van der Waals surface area contributed by atoms with E-state index >= 15 is 0 Å². The number of carbonyl (C=O) groups is 1. The van der Waals surface area contributed by atoms with Crippen molar-refractivity contribution in [1.29, 1.82) is 0 Å². The van der Waals surface area contributed by atoms with Crippen LogP contribution in [0.5, 0.6) is 5.75 Å². The molecule has 0 aliphatic carbocycles. The Morgan fingerprint density at radius 3 is 2.56 bits per heavy atom. The third-order valence-corrected chi connectivity index (χ3v) is 5.98. The highest BCUT2D eigenvalue weighted by Crippen LogP contribution is 2.31. The molecule has 0 amide bonds. The molecular weight excluding hydrogens is 459 g/mol. The second-order valence-electron chi connectivity index (χ2n) is 8.35. The molecule has 5 rings (SSSR count). The highest BCUT2D eigenvalue weighted by Gasteiger charge is 2.22. The van der Waals surface area contributed by atoms with E-state index in [2.05, 4.69) is 27.0 Å². The molecule has 2 aromatic heterocycles. The van der Waals surface area contributed by atoms with Crippen molar-refractivity contribution in [2.24, 2.45) is 0 Å². The second kappa shape index (κ2) is 10.0. The maximum absolute atomic E-state index is 13.2. The van der Waals surface area contributed by atoms with E-state index in [1.54, 1.807) is 29.9 Å². The van der Waals surface area contributed by atoms with Crippen LogP contribution in [-0.4, -0.2) is 32.1 Å². The first-order valence-electron chi connectivity index (χ1n) is 11.7. The van der Waals surface area contributed by atoms with Gasteiger partial charge in [0.1, 0.15) is 23.9 Å². The molecule has 0 radical (unpaired) electrons. The quantitative estimate of drug-likeness (QED) is 0.273. The molecule has 0 unspecified atom stereocenters. The minimum Gasteiger partial charge on any atom is -0.487 e. The molecule has 0 spiro atoms. The lowest BCUT2D eigenvalue weighted by Gasteiger charge is -2.09. The molecule has 5 aromatic rings. The Labute approximate surface area is 207 Å². The number of ether oxygens (including phenoxy) is 2. The van der Waals surface area contributed by atoms with Crippen molar-refractivity contribution in [2.75, 3.05) is 6.61 Å². The number of hydrogen-bond donors (Lipinski definition) is 0. The van der Waals surface area contributed by atoms with Gasteiger partial charge in [0.05, 0.1) is 24.1 Å². The number of fused-ring (bicyclic) bond motifs is 1. The van der Waals surface area contributed by atoms with Crippen LogP contribution in [0, 0.1) is 12.7 Å². The topological polar surface area (TPSA) is 71.2 Å². The van der Waals surface area contributed by atoms with Crippen LogP contribution in [0.25, 0.3) is 16.6 Å². The van der Waals surface area contributed by atoms with E-state index in [9.17, 15) is 9.18 Å². The molecule has 7 nitrogen and oxygen atoms in total. The van der Waals surface area contributed by atoms with Gasteiger partial charge in [-0.2, -0.15) is 0 Å². The molecule has 3 aromatic carbocycles. The molecule has 8 heteroatoms. The predicted octanol–water partition coefficient (Wildman–Crippen LogP) is 5.47. The van der Waals surface area contributed by atoms with Crippen LogP contribution in [-0.2, 0) is 17.9 Å². The van der Waals surface area contributed by atoms with Crippen molar-refractivity contribution in [3.63, 3.8) is 0 Å². The van der Waals surface area contributed by atoms with Gasteiger partial charge >= 0.3 is 5.97 Å². The Morgan fingerprint density at radius 1 is 1.03 bits per heavy atom. The smallest absolute Gasteiger partial charge is 0.340 e. The largest absolute Gasteiger partial charge is 0.487 e. The van der Waals surface area contributed by atoms with Crippen LogP contribution in [0.15, 0.2) is 79.0 Å². The molecule has 0 saturated heterocycles. The Morgan fingerprint density at radius 2 is 1.81 bits per heavy atom. The minimum absolute atomic E-state index is 0.186. The van der Waals surface area contributed by atoms with Crippen molar-refractivity contribution in [3.8, 4) is 11.4 Å². The summed E-state index contributed by atoms with van der Waals surface area (Å²) in [6.07, 6.45) is 1.73. The first kappa shape index (κ1) is 23.3. The lowest BCUT2D eigenvalue weighted by molar-refractivity contribution is 0.0527. The summed E-state index contributed by atoms with van der Waals surface area (Å²) in [6.45, 7) is 4.84. The molecule has 0 atom stereocenters. The van der Waals surface area contributed by atoms with Gasteiger partial charge in [-0.15, -0.1) is 5.10 Å². The van der Waals surface area contributed by atoms with E-state index in [0.29, 0.717) is 35.8 Å². The molecule has 0 bridgehead atoms. The van der Waals surface area contributed by atoms with E-state index in [4.69, 9.17) is 9.47 Å². The van der Waals surface area contributed by atoms with Crippen LogP contribution >= 0.6 is 0 Å². The highest BCUT2D eigenvalue weighted by atomic mass is 19.1. The SMILES string of the molecule is CCOC(=O)c1c(C)n(Cc2ccccc2)c2ccc(OCc3cn(-c4ccc(F)cc4)nn3)cc12. The van der Waals surface area contributed by atoms with Gasteiger partial charge in [-0.3, -0.25) is 0 Å². The average molecular weight is 485 g/mol. The van der Waals surface area contributed by atoms with Gasteiger partial charge in [0.15, 0.2) is 0 Å². The van der Waals surface area contributed by atoms with E-state index < -0.39 is 0 Å². The first-order valence-corrected chi connectivity index (χ1v) is 11.7. The van der Waals surface area contributed by atoms with Crippen LogP contribution in [0.3, 0.4) is 0 Å². The fourth-order valence-electron chi connectivity index (χ4n) is 4.22. The molecule has 2 heterocycles. The summed E-state index contributed by atoms with van der Waals surface area (Å²) in [5, 5.41) is 9.01. The summed E-state index contributed by atoms with van der Waals surface area (Å²) in [5.41, 5.74) is 4.75. The Hall–Kier alpha value is -4.46. The predicted molar refractivity (Wildman–Crippen MR) is 134 cm³/mol. The molecule has 36 heavy (non-hydrogen) atoms. The zero-order valence-electron chi connectivity index (χ0n) is 20.0. The van der Waals surface area contributed by atoms with Crippen molar-refractivity contribution in [3.05, 3.63) is 107 Å². The normalized spacial score (nSPS) is 11.1. The van der Waals surface area contributed by atoms with Gasteiger partial charge in [-0.1, -0.05) is 35.5 Å². The number of halogens is 1. The molecule has 0 fully saturated rings. The number of esters is 1. The molecule has 0 N–H and O–H groups in total. The second-order valence-corrected chi connectivity index (χ2v) is 8.35. The summed E-state index contributed by atoms with van der Waals surface area (Å²) >= 11 is 0. The average Bonchev–Trinajstić information content (AvgIpc) is 3.46. The van der Waals surface area contributed by atoms with Crippen LogP contribution in [0.4, 0.5) is 4.39 Å². The van der Waals surface area contributed by atoms with Crippen LogP contribution in [0.2, 0.25) is 0 Å². The molecule has 0 saturated carbocycles. The van der Waals surface area contributed by atoms with Crippen molar-refractivity contribution in [1.82, 2.24) is 19.6 Å². The monoisotopic (exact) mass is 484 g/mol. The van der Waals surface area contributed by atoms with Gasteiger partial charge in [0.25, 0.3) is 0 Å². The number of benzene rings is 3. The number of aromatic nitrogens is 4. The summed E-state index contributed by atoms with van der Waals surface area (Å²) < 4.78 is 28.2. The van der Waals surface area contributed by atoms with E-state index in [-0.39, 0.29) is 18.4 Å². The lowest BCUT2D eigenvalue weighted by atomic mass is 10.1. The summed E-state index contributed by atoms with van der Waals surface area (Å²) in [7, 11) is 0. The van der Waals surface area contributed by atoms with Crippen molar-refractivity contribution >= 4 is 16.9 Å². The van der Waals surface area contributed by atoms with Crippen LogP contribution in [0.1, 0.15) is 34.2 Å². The van der Waals surface area contributed by atoms with Crippen molar-refractivity contribution in [2.45, 2.75) is 27.0 Å². The standard InChI is InChI=1S/C28H25FN4O3/c1-3-35-28(34)27-19(2)32(16-20-7-5-4-6-8-20)26-14-13-24(15-25(26)27)36-18-22-17-33(31-30-22)23-11-9-21(29)10-12-23/h4-15,17H,3,16,18H2,1-2H3. The van der Waals surface area contributed by atoms with E-state index in [1.807, 2.05) is 43.3 Å². The lowest BCUT2D eigenvalue weighted by Crippen LogP contribution is -2.08. The fourth-order valence-corrected chi connectivity index (χ4v) is 4.22. The molecule has 182 valence electrons.